The van der Waals surface area contributed by atoms with Crippen molar-refractivity contribution in [3.05, 3.63) is 24.0 Å². The summed E-state index contributed by atoms with van der Waals surface area (Å²) >= 11 is 5.84. The Hall–Kier alpha value is -0.760. The number of methoxy groups -OCH3 is 1. The Kier molecular flexibility index (Phi) is 2.71. The number of halogens is 1. The van der Waals surface area contributed by atoms with Crippen molar-refractivity contribution in [2.75, 3.05) is 7.11 Å². The molecule has 11 heavy (non-hydrogen) atoms. The second-order valence-corrected chi connectivity index (χ2v) is 2.93. The molecule has 1 unspecified atom stereocenters. The summed E-state index contributed by atoms with van der Waals surface area (Å²) in [6.07, 6.45) is 3.39. The van der Waals surface area contributed by atoms with Crippen molar-refractivity contribution in [1.82, 2.24) is 4.98 Å². The molecule has 0 bridgehead atoms. The molecule has 0 fully saturated rings. The summed E-state index contributed by atoms with van der Waals surface area (Å²) in [6.45, 7) is 1.90. The smallest absolute Gasteiger partial charge is 0.137 e. The van der Waals surface area contributed by atoms with Gasteiger partial charge >= 0.3 is 0 Å². The van der Waals surface area contributed by atoms with E-state index in [9.17, 15) is 0 Å². The van der Waals surface area contributed by atoms with E-state index in [1.54, 1.807) is 19.5 Å². The van der Waals surface area contributed by atoms with E-state index in [-0.39, 0.29) is 5.38 Å². The summed E-state index contributed by atoms with van der Waals surface area (Å²) in [7, 11) is 1.61. The predicted molar refractivity (Wildman–Crippen MR) is 45.1 cm³/mol. The highest BCUT2D eigenvalue weighted by Gasteiger charge is 2.01. The van der Waals surface area contributed by atoms with E-state index in [1.807, 2.05) is 13.0 Å². The third kappa shape index (κ3) is 2.09. The largest absolute Gasteiger partial charge is 0.495 e. The molecule has 0 saturated carbocycles. The maximum atomic E-state index is 5.84. The third-order valence-corrected chi connectivity index (χ3v) is 1.68. The van der Waals surface area contributed by atoms with Crippen LogP contribution in [0.2, 0.25) is 0 Å². The molecule has 1 aromatic heterocycles. The van der Waals surface area contributed by atoms with Crippen LogP contribution < -0.4 is 4.74 Å². The molecule has 0 aromatic carbocycles. The van der Waals surface area contributed by atoms with Crippen LogP contribution in [0.15, 0.2) is 18.5 Å². The minimum absolute atomic E-state index is 0.0161. The van der Waals surface area contributed by atoms with Gasteiger partial charge in [-0.25, -0.2) is 0 Å². The Morgan fingerprint density at radius 2 is 2.27 bits per heavy atom. The Labute approximate surface area is 71.2 Å². The SMILES string of the molecule is COc1cncc(C(C)Cl)c1. The molecule has 1 heterocycles. The predicted octanol–water partition coefficient (Wildman–Crippen LogP) is 2.39. The lowest BCUT2D eigenvalue weighted by molar-refractivity contribution is 0.412. The molecule has 0 aliphatic carbocycles. The van der Waals surface area contributed by atoms with E-state index in [2.05, 4.69) is 4.98 Å². The van der Waals surface area contributed by atoms with Gasteiger partial charge in [0.1, 0.15) is 5.75 Å². The Morgan fingerprint density at radius 3 is 2.82 bits per heavy atom. The summed E-state index contributed by atoms with van der Waals surface area (Å²) in [5.41, 5.74) is 0.978. The highest BCUT2D eigenvalue weighted by atomic mass is 35.5. The van der Waals surface area contributed by atoms with E-state index in [0.29, 0.717) is 0 Å². The lowest BCUT2D eigenvalue weighted by Crippen LogP contribution is -1.89. The van der Waals surface area contributed by atoms with Crippen molar-refractivity contribution < 1.29 is 4.74 Å². The average molecular weight is 172 g/mol. The Balaban J connectivity index is 2.91. The van der Waals surface area contributed by atoms with Gasteiger partial charge in [0.05, 0.1) is 18.7 Å². The molecule has 0 spiro atoms. The van der Waals surface area contributed by atoms with Gasteiger partial charge < -0.3 is 4.74 Å². The molecule has 0 N–H and O–H groups in total. The number of hydrogen-bond donors (Lipinski definition) is 0. The minimum atomic E-state index is -0.0161. The first kappa shape index (κ1) is 8.34. The number of hydrogen-bond acceptors (Lipinski definition) is 2. The Bertz CT molecular complexity index is 237. The normalized spacial score (nSPS) is 12.6. The lowest BCUT2D eigenvalue weighted by atomic mass is 10.2. The first-order valence-corrected chi connectivity index (χ1v) is 3.80. The van der Waals surface area contributed by atoms with Gasteiger partial charge in [0.2, 0.25) is 0 Å². The molecule has 0 saturated heterocycles. The van der Waals surface area contributed by atoms with Crippen molar-refractivity contribution in [2.45, 2.75) is 12.3 Å². The minimum Gasteiger partial charge on any atom is -0.495 e. The van der Waals surface area contributed by atoms with Crippen LogP contribution in [-0.2, 0) is 0 Å². The van der Waals surface area contributed by atoms with Gasteiger partial charge in [0.25, 0.3) is 0 Å². The van der Waals surface area contributed by atoms with Crippen LogP contribution in [0.5, 0.6) is 5.75 Å². The molecule has 1 aromatic rings. The monoisotopic (exact) mass is 171 g/mol. The number of alkyl halides is 1. The van der Waals surface area contributed by atoms with Crippen molar-refractivity contribution in [1.29, 1.82) is 0 Å². The summed E-state index contributed by atoms with van der Waals surface area (Å²) in [4.78, 5) is 3.97. The average Bonchev–Trinajstić information content (AvgIpc) is 2.05. The first-order chi connectivity index (χ1) is 5.24. The molecular formula is C8H10ClNO. The zero-order valence-corrected chi connectivity index (χ0v) is 7.30. The second-order valence-electron chi connectivity index (χ2n) is 2.27. The highest BCUT2D eigenvalue weighted by molar-refractivity contribution is 6.20. The molecule has 0 amide bonds. The molecule has 0 aliphatic rings. The quantitative estimate of drug-likeness (QED) is 0.638. The number of ether oxygens (including phenoxy) is 1. The van der Waals surface area contributed by atoms with Crippen molar-refractivity contribution in [3.8, 4) is 5.75 Å². The van der Waals surface area contributed by atoms with Gasteiger partial charge in [-0.15, -0.1) is 11.6 Å². The molecule has 1 atom stereocenters. The standard InChI is InChI=1S/C8H10ClNO/c1-6(9)7-3-8(11-2)5-10-4-7/h3-6H,1-2H3. The number of nitrogens with zero attached hydrogens (tertiary/aromatic N) is 1. The Morgan fingerprint density at radius 1 is 1.55 bits per heavy atom. The second kappa shape index (κ2) is 3.58. The third-order valence-electron chi connectivity index (χ3n) is 1.43. The van der Waals surface area contributed by atoms with E-state index < -0.39 is 0 Å². The van der Waals surface area contributed by atoms with Crippen molar-refractivity contribution in [3.63, 3.8) is 0 Å². The molecule has 0 radical (unpaired) electrons. The molecule has 2 nitrogen and oxygen atoms in total. The molecular weight excluding hydrogens is 162 g/mol. The zero-order valence-electron chi connectivity index (χ0n) is 6.54. The van der Waals surface area contributed by atoms with E-state index in [0.717, 1.165) is 11.3 Å². The zero-order chi connectivity index (χ0) is 8.27. The van der Waals surface area contributed by atoms with Crippen molar-refractivity contribution in [2.24, 2.45) is 0 Å². The van der Waals surface area contributed by atoms with Gasteiger partial charge in [0.15, 0.2) is 0 Å². The van der Waals surface area contributed by atoms with E-state index in [1.165, 1.54) is 0 Å². The first-order valence-electron chi connectivity index (χ1n) is 3.37. The maximum absolute atomic E-state index is 5.84. The number of pyridine rings is 1. The summed E-state index contributed by atoms with van der Waals surface area (Å²) < 4.78 is 4.98. The van der Waals surface area contributed by atoms with Gasteiger partial charge in [-0.1, -0.05) is 0 Å². The van der Waals surface area contributed by atoms with Gasteiger partial charge in [-0.3, -0.25) is 4.98 Å². The topological polar surface area (TPSA) is 22.1 Å². The number of aromatic nitrogens is 1. The maximum Gasteiger partial charge on any atom is 0.137 e. The fourth-order valence-corrected chi connectivity index (χ4v) is 0.884. The highest BCUT2D eigenvalue weighted by Crippen LogP contribution is 2.21. The summed E-state index contributed by atoms with van der Waals surface area (Å²) in [5, 5.41) is -0.0161. The lowest BCUT2D eigenvalue weighted by Gasteiger charge is -2.03. The number of rotatable bonds is 2. The molecule has 60 valence electrons. The van der Waals surface area contributed by atoms with Crippen LogP contribution in [0.3, 0.4) is 0 Å². The van der Waals surface area contributed by atoms with Crippen molar-refractivity contribution >= 4 is 11.6 Å². The van der Waals surface area contributed by atoms with Crippen LogP contribution in [0, 0.1) is 0 Å². The van der Waals surface area contributed by atoms with Crippen LogP contribution in [0.1, 0.15) is 17.9 Å². The fraction of sp³-hybridized carbons (Fsp3) is 0.375. The molecule has 1 rings (SSSR count). The van der Waals surface area contributed by atoms with Crippen LogP contribution >= 0.6 is 11.6 Å². The molecule has 3 heteroatoms. The van der Waals surface area contributed by atoms with Gasteiger partial charge in [-0.05, 0) is 18.6 Å². The van der Waals surface area contributed by atoms with E-state index >= 15 is 0 Å². The van der Waals surface area contributed by atoms with Gasteiger partial charge in [0, 0.05) is 6.20 Å². The van der Waals surface area contributed by atoms with Gasteiger partial charge in [-0.2, -0.15) is 0 Å². The van der Waals surface area contributed by atoms with Crippen LogP contribution in [0.4, 0.5) is 0 Å². The van der Waals surface area contributed by atoms with Crippen LogP contribution in [0.25, 0.3) is 0 Å². The molecule has 0 aliphatic heterocycles. The fourth-order valence-electron chi connectivity index (χ4n) is 0.765. The summed E-state index contributed by atoms with van der Waals surface area (Å²) in [6, 6.07) is 1.88. The summed E-state index contributed by atoms with van der Waals surface area (Å²) in [5.74, 6) is 0.745. The van der Waals surface area contributed by atoms with E-state index in [4.69, 9.17) is 16.3 Å². The van der Waals surface area contributed by atoms with Crippen LogP contribution in [-0.4, -0.2) is 12.1 Å².